The fraction of sp³-hybridized carbons (Fsp3) is 0.840. The summed E-state index contributed by atoms with van der Waals surface area (Å²) in [6, 6.07) is 4.03. The molecule has 1 unspecified atom stereocenters. The molecule has 0 N–H and O–H groups in total. The number of alkyl halides is 1. The van der Waals surface area contributed by atoms with Gasteiger partial charge in [-0.3, -0.25) is 0 Å². The Morgan fingerprint density at radius 2 is 1.66 bits per heavy atom. The van der Waals surface area contributed by atoms with Gasteiger partial charge in [0.05, 0.1) is 12.3 Å². The smallest absolute Gasteiger partial charge is 0.233 e. The van der Waals surface area contributed by atoms with E-state index in [0.717, 1.165) is 69.4 Å². The van der Waals surface area contributed by atoms with Crippen LogP contribution in [0.4, 0.5) is 4.39 Å². The molecule has 1 aromatic rings. The average molecular weight is 405 g/mol. The molecule has 0 aliphatic heterocycles. The van der Waals surface area contributed by atoms with Gasteiger partial charge >= 0.3 is 0 Å². The second kappa shape index (κ2) is 11.9. The fourth-order valence-electron chi connectivity index (χ4n) is 5.40. The molecule has 0 amide bonds. The SMILES string of the molecule is CCCCOc1ccc(C2CCC(CC(F)C3CCC(CCC)CC3)CC2)nn1. The van der Waals surface area contributed by atoms with E-state index < -0.39 is 6.17 Å². The minimum atomic E-state index is -0.585. The van der Waals surface area contributed by atoms with Gasteiger partial charge in [0, 0.05) is 12.0 Å². The lowest BCUT2D eigenvalue weighted by Gasteiger charge is -2.34. The zero-order valence-electron chi connectivity index (χ0n) is 18.6. The van der Waals surface area contributed by atoms with Crippen LogP contribution in [0.25, 0.3) is 0 Å². The first-order valence-electron chi connectivity index (χ1n) is 12.3. The number of nitrogens with zero attached hydrogens (tertiary/aromatic N) is 2. The summed E-state index contributed by atoms with van der Waals surface area (Å²) in [6.07, 6.45) is 14.2. The van der Waals surface area contributed by atoms with Crippen LogP contribution in [-0.2, 0) is 0 Å². The maximum Gasteiger partial charge on any atom is 0.233 e. The van der Waals surface area contributed by atoms with Crippen molar-refractivity contribution in [2.75, 3.05) is 6.61 Å². The maximum absolute atomic E-state index is 14.9. The third-order valence-corrected chi connectivity index (χ3v) is 7.33. The van der Waals surface area contributed by atoms with Crippen molar-refractivity contribution in [2.45, 2.75) is 109 Å². The van der Waals surface area contributed by atoms with E-state index in [2.05, 4.69) is 30.1 Å². The second-order valence-corrected chi connectivity index (χ2v) is 9.54. The van der Waals surface area contributed by atoms with Gasteiger partial charge in [-0.2, -0.15) is 5.10 Å². The van der Waals surface area contributed by atoms with Crippen LogP contribution in [0.15, 0.2) is 12.1 Å². The molecule has 0 bridgehead atoms. The fourth-order valence-corrected chi connectivity index (χ4v) is 5.40. The van der Waals surface area contributed by atoms with Gasteiger partial charge in [0.15, 0.2) is 0 Å². The van der Waals surface area contributed by atoms with Gasteiger partial charge in [0.1, 0.15) is 6.17 Å². The molecule has 2 aliphatic rings. The molecule has 3 rings (SSSR count). The van der Waals surface area contributed by atoms with Crippen LogP contribution in [-0.4, -0.2) is 23.0 Å². The predicted octanol–water partition coefficient (Wildman–Crippen LogP) is 7.26. The van der Waals surface area contributed by atoms with E-state index in [1.165, 1.54) is 25.7 Å². The Bertz CT molecular complexity index is 563. The first-order chi connectivity index (χ1) is 14.2. The molecule has 0 spiro atoms. The van der Waals surface area contributed by atoms with Crippen LogP contribution in [0.3, 0.4) is 0 Å². The standard InChI is InChI=1S/C25H41FN2O/c1-3-5-17-29-25-16-15-24(27-28-25)22-13-9-20(10-14-22)18-23(26)21-11-7-19(6-4-2)8-12-21/h15-16,19-23H,3-14,17-18H2,1-2H3. The lowest BCUT2D eigenvalue weighted by Crippen LogP contribution is -2.26. The third kappa shape index (κ3) is 6.93. The van der Waals surface area contributed by atoms with Gasteiger partial charge in [-0.05, 0) is 75.2 Å². The lowest BCUT2D eigenvalue weighted by atomic mass is 9.74. The van der Waals surface area contributed by atoms with E-state index >= 15 is 0 Å². The molecule has 1 atom stereocenters. The van der Waals surface area contributed by atoms with Crippen LogP contribution in [0, 0.1) is 17.8 Å². The summed E-state index contributed by atoms with van der Waals surface area (Å²) >= 11 is 0. The van der Waals surface area contributed by atoms with Crippen LogP contribution >= 0.6 is 0 Å². The van der Waals surface area contributed by atoms with Crippen molar-refractivity contribution < 1.29 is 9.13 Å². The van der Waals surface area contributed by atoms with Crippen molar-refractivity contribution >= 4 is 0 Å². The summed E-state index contributed by atoms with van der Waals surface area (Å²) in [6.45, 7) is 5.12. The molecule has 2 aliphatic carbocycles. The molecule has 3 nitrogen and oxygen atoms in total. The number of unbranched alkanes of at least 4 members (excludes halogenated alkanes) is 1. The topological polar surface area (TPSA) is 35.0 Å². The van der Waals surface area contributed by atoms with Crippen molar-refractivity contribution in [1.29, 1.82) is 0 Å². The zero-order valence-corrected chi connectivity index (χ0v) is 18.6. The third-order valence-electron chi connectivity index (χ3n) is 7.33. The van der Waals surface area contributed by atoms with E-state index in [-0.39, 0.29) is 0 Å². The molecule has 1 aromatic heterocycles. The molecule has 0 aromatic carbocycles. The molecule has 1 heterocycles. The largest absolute Gasteiger partial charge is 0.477 e. The van der Waals surface area contributed by atoms with E-state index in [0.29, 0.717) is 30.2 Å². The van der Waals surface area contributed by atoms with E-state index in [4.69, 9.17) is 4.74 Å². The number of aromatic nitrogens is 2. The van der Waals surface area contributed by atoms with E-state index in [1.807, 2.05) is 6.07 Å². The molecular weight excluding hydrogens is 363 g/mol. The van der Waals surface area contributed by atoms with Crippen molar-refractivity contribution in [1.82, 2.24) is 10.2 Å². The monoisotopic (exact) mass is 404 g/mol. The molecular formula is C25H41FN2O. The Hall–Kier alpha value is -1.19. The van der Waals surface area contributed by atoms with Gasteiger partial charge in [-0.25, -0.2) is 4.39 Å². The van der Waals surface area contributed by atoms with Crippen LogP contribution in [0.1, 0.15) is 109 Å². The summed E-state index contributed by atoms with van der Waals surface area (Å²) < 4.78 is 20.6. The van der Waals surface area contributed by atoms with E-state index in [9.17, 15) is 4.39 Å². The Kier molecular flexibility index (Phi) is 9.20. The highest BCUT2D eigenvalue weighted by atomic mass is 19.1. The van der Waals surface area contributed by atoms with Crippen molar-refractivity contribution in [2.24, 2.45) is 17.8 Å². The Labute approximate surface area is 177 Å². The first-order valence-corrected chi connectivity index (χ1v) is 12.3. The molecule has 2 fully saturated rings. The van der Waals surface area contributed by atoms with Gasteiger partial charge in [-0.15, -0.1) is 5.10 Å². The van der Waals surface area contributed by atoms with Gasteiger partial charge in [0.25, 0.3) is 0 Å². The minimum Gasteiger partial charge on any atom is -0.477 e. The van der Waals surface area contributed by atoms with Crippen molar-refractivity contribution in [3.05, 3.63) is 17.8 Å². The Balaban J connectivity index is 1.38. The molecule has 4 heteroatoms. The highest BCUT2D eigenvalue weighted by Crippen LogP contribution is 2.40. The second-order valence-electron chi connectivity index (χ2n) is 9.54. The van der Waals surface area contributed by atoms with Crippen molar-refractivity contribution in [3.63, 3.8) is 0 Å². The maximum atomic E-state index is 14.9. The average Bonchev–Trinajstić information content (AvgIpc) is 2.76. The zero-order chi connectivity index (χ0) is 20.5. The minimum absolute atomic E-state index is 0.326. The summed E-state index contributed by atoms with van der Waals surface area (Å²) in [5.74, 6) is 2.85. The lowest BCUT2D eigenvalue weighted by molar-refractivity contribution is 0.118. The van der Waals surface area contributed by atoms with Gasteiger partial charge < -0.3 is 4.74 Å². The Morgan fingerprint density at radius 3 is 2.28 bits per heavy atom. The Morgan fingerprint density at radius 1 is 0.931 bits per heavy atom. The molecule has 0 radical (unpaired) electrons. The summed E-state index contributed by atoms with van der Waals surface area (Å²) in [5.41, 5.74) is 1.08. The normalized spacial score (nSPS) is 28.8. The number of rotatable bonds is 10. The molecule has 2 saturated carbocycles. The molecule has 164 valence electrons. The quantitative estimate of drug-likeness (QED) is 0.385. The number of ether oxygens (including phenoxy) is 1. The van der Waals surface area contributed by atoms with Crippen LogP contribution in [0.5, 0.6) is 5.88 Å². The van der Waals surface area contributed by atoms with Gasteiger partial charge in [-0.1, -0.05) is 46.0 Å². The van der Waals surface area contributed by atoms with Crippen LogP contribution < -0.4 is 4.74 Å². The number of halogens is 1. The molecule has 29 heavy (non-hydrogen) atoms. The summed E-state index contributed by atoms with van der Waals surface area (Å²) in [4.78, 5) is 0. The predicted molar refractivity (Wildman–Crippen MR) is 117 cm³/mol. The van der Waals surface area contributed by atoms with Crippen molar-refractivity contribution in [3.8, 4) is 5.88 Å². The summed E-state index contributed by atoms with van der Waals surface area (Å²) in [5, 5.41) is 8.65. The number of hydrogen-bond acceptors (Lipinski definition) is 3. The van der Waals surface area contributed by atoms with Crippen LogP contribution in [0.2, 0.25) is 0 Å². The highest BCUT2D eigenvalue weighted by molar-refractivity contribution is 5.15. The number of hydrogen-bond donors (Lipinski definition) is 0. The van der Waals surface area contributed by atoms with E-state index in [1.54, 1.807) is 0 Å². The first kappa shape index (κ1) is 22.5. The van der Waals surface area contributed by atoms with Gasteiger partial charge in [0.2, 0.25) is 5.88 Å². The highest BCUT2D eigenvalue weighted by Gasteiger charge is 2.31. The molecule has 0 saturated heterocycles. The summed E-state index contributed by atoms with van der Waals surface area (Å²) in [7, 11) is 0.